The highest BCUT2D eigenvalue weighted by Crippen LogP contribution is 2.33. The molecule has 10 heteroatoms. The van der Waals surface area contributed by atoms with Gasteiger partial charge in [-0.25, -0.2) is 4.79 Å². The minimum absolute atomic E-state index is 0.148. The summed E-state index contributed by atoms with van der Waals surface area (Å²) in [6, 6.07) is 15.7. The second-order valence-electron chi connectivity index (χ2n) is 8.09. The molecular weight excluding hydrogens is 466 g/mol. The van der Waals surface area contributed by atoms with E-state index in [0.717, 1.165) is 5.56 Å². The van der Waals surface area contributed by atoms with Gasteiger partial charge in [-0.15, -0.1) is 0 Å². The van der Waals surface area contributed by atoms with Crippen LogP contribution in [0, 0.1) is 0 Å². The number of hydrogen-bond acceptors (Lipinski definition) is 7. The van der Waals surface area contributed by atoms with Gasteiger partial charge in [0.25, 0.3) is 0 Å². The van der Waals surface area contributed by atoms with Crippen molar-refractivity contribution >= 4 is 17.6 Å². The molecule has 1 aromatic heterocycles. The van der Waals surface area contributed by atoms with Gasteiger partial charge in [-0.1, -0.05) is 12.1 Å². The van der Waals surface area contributed by atoms with Crippen molar-refractivity contribution in [3.05, 3.63) is 72.2 Å². The average molecular weight is 496 g/mol. The van der Waals surface area contributed by atoms with Crippen LogP contribution < -0.4 is 19.5 Å². The molecule has 36 heavy (non-hydrogen) atoms. The molecule has 0 spiro atoms. The van der Waals surface area contributed by atoms with Crippen LogP contribution in [0.15, 0.2) is 65.3 Å². The highest BCUT2D eigenvalue weighted by Gasteiger charge is 2.23. The number of benzene rings is 2. The second-order valence-corrected chi connectivity index (χ2v) is 8.09. The molecule has 2 heterocycles. The molecule has 0 saturated carbocycles. The number of carbonyl (C=O) groups is 2. The summed E-state index contributed by atoms with van der Waals surface area (Å²) in [7, 11) is 3.10. The molecule has 0 saturated heterocycles. The van der Waals surface area contributed by atoms with E-state index in [4.69, 9.17) is 23.4 Å². The number of carbonyl (C=O) groups excluding carboxylic acids is 2. The van der Waals surface area contributed by atoms with Crippen LogP contribution in [0.25, 0.3) is 0 Å². The Morgan fingerprint density at radius 3 is 2.61 bits per heavy atom. The fraction of sp³-hybridized carbons (Fsp3) is 0.308. The Bertz CT molecular complexity index is 1170. The van der Waals surface area contributed by atoms with Crippen LogP contribution in [0.3, 0.4) is 0 Å². The maximum absolute atomic E-state index is 13.5. The molecule has 0 unspecified atom stereocenters. The lowest BCUT2D eigenvalue weighted by atomic mass is 10.2. The third-order valence-corrected chi connectivity index (χ3v) is 5.59. The fourth-order valence-electron chi connectivity index (χ4n) is 3.70. The largest absolute Gasteiger partial charge is 0.497 e. The topological polar surface area (TPSA) is 103 Å². The van der Waals surface area contributed by atoms with E-state index in [1.807, 2.05) is 18.2 Å². The summed E-state index contributed by atoms with van der Waals surface area (Å²) in [4.78, 5) is 29.6. The summed E-state index contributed by atoms with van der Waals surface area (Å²) in [5.74, 6) is 2.30. The van der Waals surface area contributed by atoms with E-state index in [1.165, 1.54) is 4.90 Å². The number of anilines is 1. The molecule has 10 nitrogen and oxygen atoms in total. The highest BCUT2D eigenvalue weighted by molar-refractivity contribution is 5.92. The fourth-order valence-corrected chi connectivity index (χ4v) is 3.70. The summed E-state index contributed by atoms with van der Waals surface area (Å²) >= 11 is 0. The maximum Gasteiger partial charge on any atom is 0.322 e. The number of nitrogens with zero attached hydrogens (tertiary/aromatic N) is 2. The van der Waals surface area contributed by atoms with Gasteiger partial charge in [0, 0.05) is 32.0 Å². The summed E-state index contributed by atoms with van der Waals surface area (Å²) < 4.78 is 26.7. The predicted molar refractivity (Wildman–Crippen MR) is 131 cm³/mol. The van der Waals surface area contributed by atoms with E-state index in [9.17, 15) is 9.59 Å². The van der Waals surface area contributed by atoms with Gasteiger partial charge >= 0.3 is 6.03 Å². The van der Waals surface area contributed by atoms with E-state index in [1.54, 1.807) is 61.8 Å². The van der Waals surface area contributed by atoms with Gasteiger partial charge in [-0.05, 0) is 42.0 Å². The van der Waals surface area contributed by atoms with E-state index in [0.29, 0.717) is 35.2 Å². The summed E-state index contributed by atoms with van der Waals surface area (Å²) in [5, 5.41) is 2.83. The monoisotopic (exact) mass is 495 g/mol. The van der Waals surface area contributed by atoms with Crippen molar-refractivity contribution in [3.63, 3.8) is 0 Å². The van der Waals surface area contributed by atoms with Crippen LogP contribution in [0.4, 0.5) is 10.5 Å². The Morgan fingerprint density at radius 1 is 0.972 bits per heavy atom. The molecule has 4 rings (SSSR count). The van der Waals surface area contributed by atoms with Crippen molar-refractivity contribution in [2.45, 2.75) is 13.1 Å². The lowest BCUT2D eigenvalue weighted by molar-refractivity contribution is -0.133. The summed E-state index contributed by atoms with van der Waals surface area (Å²) in [6.07, 6.45) is 1.56. The number of ether oxygens (including phenoxy) is 4. The molecular formula is C26H29N3O7. The minimum atomic E-state index is -0.422. The van der Waals surface area contributed by atoms with Gasteiger partial charge in [0.2, 0.25) is 12.7 Å². The van der Waals surface area contributed by atoms with E-state index < -0.39 is 6.03 Å². The number of amides is 3. The standard InChI is InChI=1S/C26H29N3O7/c1-32-12-10-28(26(31)27-20-5-3-6-21(14-20)33-2)17-25(30)29(16-22-7-4-11-34-22)15-19-8-9-23-24(13-19)36-18-35-23/h3-9,11,13-14H,10,12,15-18H2,1-2H3,(H,27,31). The van der Waals surface area contributed by atoms with Crippen LogP contribution in [-0.4, -0.2) is 62.4 Å². The Labute approximate surface area is 209 Å². The number of urea groups is 1. The highest BCUT2D eigenvalue weighted by atomic mass is 16.7. The second kappa shape index (κ2) is 12.0. The van der Waals surface area contributed by atoms with Crippen molar-refractivity contribution < 1.29 is 33.0 Å². The zero-order valence-corrected chi connectivity index (χ0v) is 20.3. The Morgan fingerprint density at radius 2 is 1.83 bits per heavy atom. The predicted octanol–water partition coefficient (Wildman–Crippen LogP) is 3.73. The van der Waals surface area contributed by atoms with Crippen LogP contribution in [0.5, 0.6) is 17.2 Å². The Hall–Kier alpha value is -4.18. The molecule has 3 aromatic rings. The van der Waals surface area contributed by atoms with Crippen LogP contribution in [0.2, 0.25) is 0 Å². The third kappa shape index (κ3) is 6.48. The third-order valence-electron chi connectivity index (χ3n) is 5.59. The first kappa shape index (κ1) is 24.9. The summed E-state index contributed by atoms with van der Waals surface area (Å²) in [6.45, 7) is 1.08. The molecule has 0 radical (unpaired) electrons. The number of rotatable bonds is 11. The minimum Gasteiger partial charge on any atom is -0.497 e. The molecule has 0 aliphatic carbocycles. The van der Waals surface area contributed by atoms with Crippen molar-refractivity contribution in [1.29, 1.82) is 0 Å². The lowest BCUT2D eigenvalue weighted by Gasteiger charge is -2.27. The first-order valence-corrected chi connectivity index (χ1v) is 11.4. The SMILES string of the molecule is COCCN(CC(=O)N(Cc1ccc2c(c1)OCO2)Cc1ccco1)C(=O)Nc1cccc(OC)c1. The number of methoxy groups -OCH3 is 2. The van der Waals surface area contributed by atoms with E-state index >= 15 is 0 Å². The molecule has 3 amide bonds. The smallest absolute Gasteiger partial charge is 0.322 e. The molecule has 1 aliphatic rings. The van der Waals surface area contributed by atoms with Crippen LogP contribution in [0.1, 0.15) is 11.3 Å². The molecule has 0 atom stereocenters. The quantitative estimate of drug-likeness (QED) is 0.432. The van der Waals surface area contributed by atoms with Crippen molar-refractivity contribution in [2.75, 3.05) is 46.0 Å². The first-order chi connectivity index (χ1) is 17.6. The van der Waals surface area contributed by atoms with Gasteiger partial charge in [0.1, 0.15) is 18.1 Å². The molecule has 0 bridgehead atoms. The van der Waals surface area contributed by atoms with Crippen LogP contribution in [-0.2, 0) is 22.6 Å². The van der Waals surface area contributed by atoms with Gasteiger partial charge in [0.15, 0.2) is 11.5 Å². The van der Waals surface area contributed by atoms with Crippen molar-refractivity contribution in [1.82, 2.24) is 9.80 Å². The van der Waals surface area contributed by atoms with Crippen LogP contribution >= 0.6 is 0 Å². The normalized spacial score (nSPS) is 11.7. The Balaban J connectivity index is 1.49. The summed E-state index contributed by atoms with van der Waals surface area (Å²) in [5.41, 5.74) is 1.42. The zero-order valence-electron chi connectivity index (χ0n) is 20.3. The molecule has 2 aromatic carbocycles. The number of hydrogen-bond donors (Lipinski definition) is 1. The zero-order chi connectivity index (χ0) is 25.3. The van der Waals surface area contributed by atoms with Crippen molar-refractivity contribution in [3.8, 4) is 17.2 Å². The van der Waals surface area contributed by atoms with Gasteiger partial charge in [-0.3, -0.25) is 4.79 Å². The van der Waals surface area contributed by atoms with E-state index in [-0.39, 0.29) is 38.9 Å². The van der Waals surface area contributed by atoms with E-state index in [2.05, 4.69) is 5.32 Å². The average Bonchev–Trinajstić information content (AvgIpc) is 3.58. The maximum atomic E-state index is 13.5. The Kier molecular flexibility index (Phi) is 8.30. The lowest BCUT2D eigenvalue weighted by Crippen LogP contribution is -2.45. The molecule has 0 fully saturated rings. The van der Waals surface area contributed by atoms with Gasteiger partial charge in [-0.2, -0.15) is 0 Å². The molecule has 190 valence electrons. The number of fused-ring (bicyclic) bond motifs is 1. The number of nitrogens with one attached hydrogen (secondary N) is 1. The number of furan rings is 1. The first-order valence-electron chi connectivity index (χ1n) is 11.4. The molecule has 1 aliphatic heterocycles. The molecule has 1 N–H and O–H groups in total. The van der Waals surface area contributed by atoms with Crippen molar-refractivity contribution in [2.24, 2.45) is 0 Å². The van der Waals surface area contributed by atoms with Gasteiger partial charge in [0.05, 0.1) is 26.5 Å². The van der Waals surface area contributed by atoms with Gasteiger partial charge < -0.3 is 38.5 Å².